The summed E-state index contributed by atoms with van der Waals surface area (Å²) < 4.78 is 4.13. The van der Waals surface area contributed by atoms with E-state index >= 15 is 0 Å². The molecule has 74 heavy (non-hydrogen) atoms. The zero-order chi connectivity index (χ0) is 60.8. The summed E-state index contributed by atoms with van der Waals surface area (Å²) in [4.78, 5) is 101. The number of aliphatic hydroxyl groups excluding tert-OH is 2. The molecule has 440 valence electrons. The Kier molecular flexibility index (Phi) is 62.1. The molecule has 0 aromatic carbocycles. The van der Waals surface area contributed by atoms with Crippen LogP contribution in [0.1, 0.15) is 74.7 Å². The topological polar surface area (TPSA) is 642 Å². The Hall–Kier alpha value is -4.53. The van der Waals surface area contributed by atoms with Crippen molar-refractivity contribution in [2.75, 3.05) is 36.7 Å². The number of hydrogen-bond acceptors (Lipinski definition) is 26. The number of rotatable bonds is 25. The zero-order valence-electron chi connectivity index (χ0n) is 43.1. The van der Waals surface area contributed by atoms with Crippen LogP contribution in [-0.4, -0.2) is 208 Å². The molecule has 0 spiro atoms. The molecule has 34 heteroatoms. The number of carbonyl (C=O) groups is 10. The minimum absolute atomic E-state index is 0.0208. The second-order valence-electron chi connectivity index (χ2n) is 15.6. The van der Waals surface area contributed by atoms with Gasteiger partial charge >= 0.3 is 59.7 Å². The highest BCUT2D eigenvalue weighted by atomic mass is 33.1. The zero-order valence-corrected chi connectivity index (χ0v) is 45.6. The van der Waals surface area contributed by atoms with E-state index in [1.807, 2.05) is 34.0 Å². The van der Waals surface area contributed by atoms with Gasteiger partial charge in [-0.3, -0.25) is 43.2 Å². The van der Waals surface area contributed by atoms with Crippen LogP contribution >= 0.6 is 33.3 Å². The number of ether oxygens (including phenoxy) is 1. The standard InChI is InChI=1S/C6H12N2O4S2.C6H12N2O4.2C6H13NO2.C5H11NO2S.C5H11NO2.C3H7NO3.C3H7NO2/c7-3(5(9)10)1-13-14-2-4(8)6(11)12;1-3(9)5(8)6(11)12-4(10)2-7;1-4(2)3-5(7)6(8)9;1-3-4(2)5(7)6(8)9;1-9-3-2-4(6)5(7)8;1-3(2)4(6)5(7)8;4-2(1-5)3(6)7;1-2(4)3(5)6/h3-4H,1-2,7-8H2,(H,9,10)(H,11,12);3,5,9H,2,7-8H2,1H3;2*4-5H,3,7H2,1-2H3,(H,8,9);4H,2-3,6H2,1H3,(H,7,8);3-4H,6H2,1-2H3,(H,7,8);2,5H,1,4H2,(H,6,7);2H,4H2,1H3,(H,5,6)/t3-,4?;3-,5+;5-;4-,5-;2*4-;2*2-/m01000000/s1. The van der Waals surface area contributed by atoms with E-state index in [0.29, 0.717) is 18.8 Å². The van der Waals surface area contributed by atoms with Gasteiger partial charge in [-0.15, -0.1) is 0 Å². The Morgan fingerprint density at radius 1 is 0.514 bits per heavy atom. The first-order chi connectivity index (χ1) is 33.6. The van der Waals surface area contributed by atoms with Crippen molar-refractivity contribution in [3.05, 3.63) is 0 Å². The highest BCUT2D eigenvalue weighted by Gasteiger charge is 2.23. The Morgan fingerprint density at radius 2 is 0.865 bits per heavy atom. The van der Waals surface area contributed by atoms with E-state index in [0.717, 1.165) is 12.2 Å². The SMILES string of the molecule is CC(C)C[C@H](N)C(=O)O.CC(C)[C@H](N)C(=O)O.CC[C@H](C)[C@H](N)C(=O)O.CSCC[C@H](N)C(=O)O.C[C@@H](O)[C@H](N)C(=O)OC(=O)CN.C[C@H](N)C(=O)O.NC(CSSC[C@H](N)C(=O)O)C(=O)O.N[C@@H](CO)C(=O)O. The largest absolute Gasteiger partial charge is 0.480 e. The number of nitrogens with two attached hydrogens (primary N) is 10. The fourth-order valence-electron chi connectivity index (χ4n) is 2.64. The molecule has 1 unspecified atom stereocenters. The molecule has 0 fully saturated rings. The van der Waals surface area contributed by atoms with Crippen LogP contribution in [-0.2, 0) is 52.7 Å². The van der Waals surface area contributed by atoms with Gasteiger partial charge in [0.15, 0.2) is 0 Å². The van der Waals surface area contributed by atoms with E-state index in [-0.39, 0.29) is 23.3 Å². The van der Waals surface area contributed by atoms with Crippen molar-refractivity contribution < 1.29 is 104 Å². The number of aliphatic hydroxyl groups is 2. The fourth-order valence-corrected chi connectivity index (χ4v) is 5.36. The van der Waals surface area contributed by atoms with E-state index in [4.69, 9.17) is 108 Å². The second-order valence-corrected chi connectivity index (χ2v) is 19.2. The van der Waals surface area contributed by atoms with Gasteiger partial charge in [-0.25, -0.2) is 4.79 Å². The summed E-state index contributed by atoms with van der Waals surface area (Å²) in [6.45, 7) is 13.0. The summed E-state index contributed by atoms with van der Waals surface area (Å²) in [6.07, 6.45) is 2.79. The number of carbonyl (C=O) groups excluding carboxylic acids is 2. The van der Waals surface area contributed by atoms with Crippen LogP contribution in [0.15, 0.2) is 0 Å². The monoisotopic (exact) mass is 1140 g/mol. The van der Waals surface area contributed by atoms with Crippen molar-refractivity contribution in [3.8, 4) is 0 Å². The fraction of sp³-hybridized carbons (Fsp3) is 0.750. The third-order valence-electron chi connectivity index (χ3n) is 7.83. The average molecular weight is 1140 g/mol. The number of aliphatic carboxylic acids is 8. The molecule has 0 amide bonds. The predicted molar refractivity (Wildman–Crippen MR) is 279 cm³/mol. The van der Waals surface area contributed by atoms with Crippen molar-refractivity contribution in [2.45, 2.75) is 135 Å². The summed E-state index contributed by atoms with van der Waals surface area (Å²) in [5, 5.41) is 82.6. The first-order valence-corrected chi connectivity index (χ1v) is 25.6. The first-order valence-electron chi connectivity index (χ1n) is 21.7. The van der Waals surface area contributed by atoms with E-state index in [2.05, 4.69) is 4.74 Å². The van der Waals surface area contributed by atoms with Crippen LogP contribution in [0.3, 0.4) is 0 Å². The van der Waals surface area contributed by atoms with Gasteiger partial charge in [-0.1, -0.05) is 69.6 Å². The van der Waals surface area contributed by atoms with Crippen LogP contribution in [0.2, 0.25) is 0 Å². The lowest BCUT2D eigenvalue weighted by molar-refractivity contribution is -0.161. The third kappa shape index (κ3) is 63.6. The second kappa shape index (κ2) is 53.3. The molecule has 0 aromatic heterocycles. The normalized spacial score (nSPS) is 14.4. The van der Waals surface area contributed by atoms with Crippen molar-refractivity contribution in [3.63, 3.8) is 0 Å². The molecule has 31 nitrogen and oxygen atoms in total. The molecular weight excluding hydrogens is 1050 g/mol. The molecule has 0 saturated heterocycles. The van der Waals surface area contributed by atoms with Gasteiger partial charge in [-0.05, 0) is 56.5 Å². The predicted octanol–water partition coefficient (Wildman–Crippen LogP) is -4.18. The summed E-state index contributed by atoms with van der Waals surface area (Å²) in [5.74, 6) is -8.06. The quantitative estimate of drug-likeness (QED) is 0.0178. The van der Waals surface area contributed by atoms with Gasteiger partial charge in [0.2, 0.25) is 0 Å². The number of carboxylic acids is 8. The Labute approximate surface area is 442 Å². The van der Waals surface area contributed by atoms with E-state index < -0.39 is 133 Å². The number of esters is 2. The summed E-state index contributed by atoms with van der Waals surface area (Å²) in [6, 6.07) is -7.69. The molecule has 0 radical (unpaired) electrons. The van der Waals surface area contributed by atoms with Crippen LogP contribution in [0, 0.1) is 17.8 Å². The third-order valence-corrected chi connectivity index (χ3v) is 10.9. The summed E-state index contributed by atoms with van der Waals surface area (Å²) in [7, 11) is 2.41. The smallest absolute Gasteiger partial charge is 0.333 e. The van der Waals surface area contributed by atoms with Gasteiger partial charge in [0.1, 0.15) is 54.4 Å². The molecule has 0 rings (SSSR count). The first kappa shape index (κ1) is 86.2. The lowest BCUT2D eigenvalue weighted by Crippen LogP contribution is -2.42. The van der Waals surface area contributed by atoms with Crippen LogP contribution in [0.4, 0.5) is 0 Å². The Morgan fingerprint density at radius 3 is 1.03 bits per heavy atom. The van der Waals surface area contributed by atoms with E-state index in [1.165, 1.54) is 35.4 Å². The van der Waals surface area contributed by atoms with Crippen molar-refractivity contribution in [1.82, 2.24) is 0 Å². The number of carboxylic acid groups (broad SMARTS) is 8. The van der Waals surface area contributed by atoms with Crippen LogP contribution in [0.5, 0.6) is 0 Å². The number of thioether (sulfide) groups is 1. The van der Waals surface area contributed by atoms with Gasteiger partial charge in [0.05, 0.1) is 19.3 Å². The maximum Gasteiger partial charge on any atom is 0.333 e. The van der Waals surface area contributed by atoms with Gasteiger partial charge in [0.25, 0.3) is 0 Å². The molecule has 11 atom stereocenters. The average Bonchev–Trinajstić information content (AvgIpc) is 3.31. The van der Waals surface area contributed by atoms with Crippen molar-refractivity contribution in [1.29, 1.82) is 0 Å². The maximum atomic E-state index is 10.8. The summed E-state index contributed by atoms with van der Waals surface area (Å²) in [5.41, 5.74) is 50.9. The lowest BCUT2D eigenvalue weighted by Gasteiger charge is -2.11. The van der Waals surface area contributed by atoms with Gasteiger partial charge in [0, 0.05) is 11.5 Å². The summed E-state index contributed by atoms with van der Waals surface area (Å²) >= 11 is 1.60. The minimum Gasteiger partial charge on any atom is -0.480 e. The van der Waals surface area contributed by atoms with Gasteiger partial charge in [-0.2, -0.15) is 11.8 Å². The maximum absolute atomic E-state index is 10.8. The molecule has 0 aromatic rings. The molecule has 0 saturated carbocycles. The Bertz CT molecular complexity index is 1550. The molecule has 0 aliphatic rings. The Balaban J connectivity index is -0.000000114. The van der Waals surface area contributed by atoms with Crippen LogP contribution in [0.25, 0.3) is 0 Å². The van der Waals surface area contributed by atoms with Crippen molar-refractivity contribution >= 4 is 93.0 Å². The highest BCUT2D eigenvalue weighted by molar-refractivity contribution is 8.76. The molecule has 0 aliphatic heterocycles. The van der Waals surface area contributed by atoms with E-state index in [9.17, 15) is 47.9 Å². The molecule has 0 bridgehead atoms. The minimum atomic E-state index is -1.21. The molecular formula is C40H86N10O21S3. The molecule has 30 N–H and O–H groups in total. The highest BCUT2D eigenvalue weighted by Crippen LogP contribution is 2.22. The molecule has 0 aliphatic carbocycles. The number of hydrogen-bond donors (Lipinski definition) is 20. The molecule has 0 heterocycles. The lowest BCUT2D eigenvalue weighted by atomic mass is 10.0. The van der Waals surface area contributed by atoms with Crippen molar-refractivity contribution in [2.24, 2.45) is 75.1 Å². The van der Waals surface area contributed by atoms with Gasteiger partial charge < -0.3 is 113 Å². The van der Waals surface area contributed by atoms with Crippen LogP contribution < -0.4 is 57.3 Å². The van der Waals surface area contributed by atoms with E-state index in [1.54, 1.807) is 25.6 Å².